The molecule has 0 radical (unpaired) electrons. The number of primary amides is 1. The summed E-state index contributed by atoms with van der Waals surface area (Å²) in [6.45, 7) is 0.769. The summed E-state index contributed by atoms with van der Waals surface area (Å²) in [5, 5.41) is 2.89. The summed E-state index contributed by atoms with van der Waals surface area (Å²) in [6, 6.07) is 12.8. The van der Waals surface area contributed by atoms with E-state index in [0.717, 1.165) is 6.42 Å². The van der Waals surface area contributed by atoms with E-state index < -0.39 is 15.9 Å². The molecule has 1 aliphatic rings. The number of sulfonamides is 1. The third kappa shape index (κ3) is 5.55. The maximum Gasteiger partial charge on any atom is 0.251 e. The van der Waals surface area contributed by atoms with Crippen molar-refractivity contribution in [2.24, 2.45) is 5.73 Å². The maximum absolute atomic E-state index is 12.5. The van der Waals surface area contributed by atoms with Crippen LogP contribution in [0.25, 0.3) is 0 Å². The van der Waals surface area contributed by atoms with Crippen molar-refractivity contribution in [1.29, 1.82) is 0 Å². The number of hydrogen-bond acceptors (Lipinski definition) is 5. The Labute approximate surface area is 169 Å². The third-order valence-electron chi connectivity index (χ3n) is 4.68. The van der Waals surface area contributed by atoms with Crippen LogP contribution in [-0.4, -0.2) is 49.9 Å². The molecule has 1 aliphatic heterocycles. The Hall–Kier alpha value is -2.91. The molecule has 1 fully saturated rings. The average molecular weight is 417 g/mol. The van der Waals surface area contributed by atoms with Crippen LogP contribution in [0.4, 0.5) is 0 Å². The maximum atomic E-state index is 12.5. The van der Waals surface area contributed by atoms with E-state index in [-0.39, 0.29) is 18.5 Å². The average Bonchev–Trinajstić information content (AvgIpc) is 2.68. The number of ether oxygens (including phenoxy) is 1. The largest absolute Gasteiger partial charge is 0.457 e. The third-order valence-corrected chi connectivity index (χ3v) is 5.95. The lowest BCUT2D eigenvalue weighted by Gasteiger charge is -2.31. The van der Waals surface area contributed by atoms with Gasteiger partial charge >= 0.3 is 0 Å². The summed E-state index contributed by atoms with van der Waals surface area (Å²) in [4.78, 5) is 23.6. The predicted molar refractivity (Wildman–Crippen MR) is 108 cm³/mol. The summed E-state index contributed by atoms with van der Waals surface area (Å²) in [5.74, 6) is 0.303. The minimum atomic E-state index is -3.26. The molecule has 3 N–H and O–H groups in total. The number of hydrogen-bond donors (Lipinski definition) is 2. The van der Waals surface area contributed by atoms with Crippen LogP contribution < -0.4 is 15.8 Å². The fraction of sp³-hybridized carbons (Fsp3) is 0.300. The van der Waals surface area contributed by atoms with E-state index in [1.807, 2.05) is 0 Å². The molecule has 154 valence electrons. The van der Waals surface area contributed by atoms with E-state index in [4.69, 9.17) is 10.5 Å². The molecule has 2 aromatic rings. The van der Waals surface area contributed by atoms with Gasteiger partial charge < -0.3 is 15.8 Å². The lowest BCUT2D eigenvalue weighted by Crippen LogP contribution is -2.49. The molecule has 1 saturated heterocycles. The number of benzene rings is 2. The second-order valence-electron chi connectivity index (χ2n) is 6.95. The summed E-state index contributed by atoms with van der Waals surface area (Å²) in [5.41, 5.74) is 6.05. The minimum Gasteiger partial charge on any atom is -0.457 e. The van der Waals surface area contributed by atoms with E-state index in [1.165, 1.54) is 10.6 Å². The second kappa shape index (κ2) is 8.62. The molecule has 0 aromatic heterocycles. The number of amides is 2. The molecule has 3 rings (SSSR count). The van der Waals surface area contributed by atoms with Gasteiger partial charge in [0.1, 0.15) is 11.5 Å². The topological polar surface area (TPSA) is 119 Å². The molecule has 9 heteroatoms. The Morgan fingerprint density at radius 1 is 1.03 bits per heavy atom. The van der Waals surface area contributed by atoms with Gasteiger partial charge in [0.2, 0.25) is 15.9 Å². The van der Waals surface area contributed by atoms with E-state index in [9.17, 15) is 18.0 Å². The highest BCUT2D eigenvalue weighted by molar-refractivity contribution is 7.88. The zero-order valence-corrected chi connectivity index (χ0v) is 16.8. The molecule has 29 heavy (non-hydrogen) atoms. The zero-order chi connectivity index (χ0) is 21.0. The van der Waals surface area contributed by atoms with Crippen molar-refractivity contribution in [3.8, 4) is 11.5 Å². The summed E-state index contributed by atoms with van der Waals surface area (Å²) in [6.07, 6.45) is 2.62. The molecule has 0 saturated carbocycles. The van der Waals surface area contributed by atoms with Crippen LogP contribution in [-0.2, 0) is 10.0 Å². The number of piperidine rings is 1. The minimum absolute atomic E-state index is 0.217. The molecule has 1 atom stereocenters. The Morgan fingerprint density at radius 2 is 1.59 bits per heavy atom. The fourth-order valence-electron chi connectivity index (χ4n) is 3.13. The summed E-state index contributed by atoms with van der Waals surface area (Å²) >= 11 is 0. The smallest absolute Gasteiger partial charge is 0.251 e. The quantitative estimate of drug-likeness (QED) is 0.742. The van der Waals surface area contributed by atoms with Crippen LogP contribution in [0.15, 0.2) is 48.5 Å². The van der Waals surface area contributed by atoms with Crippen LogP contribution in [0.3, 0.4) is 0 Å². The molecule has 2 aromatic carbocycles. The van der Waals surface area contributed by atoms with E-state index >= 15 is 0 Å². The van der Waals surface area contributed by atoms with Crippen LogP contribution in [0.5, 0.6) is 11.5 Å². The summed E-state index contributed by atoms with van der Waals surface area (Å²) < 4.78 is 30.5. The van der Waals surface area contributed by atoms with Crippen molar-refractivity contribution in [3.05, 3.63) is 59.7 Å². The van der Waals surface area contributed by atoms with Gasteiger partial charge in [0.05, 0.1) is 6.26 Å². The van der Waals surface area contributed by atoms with Gasteiger partial charge in [-0.1, -0.05) is 0 Å². The first kappa shape index (κ1) is 20.8. The molecule has 8 nitrogen and oxygen atoms in total. The predicted octanol–water partition coefficient (Wildman–Crippen LogP) is 1.73. The van der Waals surface area contributed by atoms with E-state index in [0.29, 0.717) is 35.6 Å². The number of carbonyl (C=O) groups excluding carboxylic acids is 2. The first-order valence-corrected chi connectivity index (χ1v) is 11.0. The van der Waals surface area contributed by atoms with Crippen LogP contribution in [0, 0.1) is 0 Å². The molecule has 1 heterocycles. The number of nitrogens with two attached hydrogens (primary N) is 1. The SMILES string of the molecule is CS(=O)(=O)N1CCCC(NC(=O)c2ccc(Oc3ccc(C(N)=O)cc3)cc2)C1. The Balaban J connectivity index is 1.59. The van der Waals surface area contributed by atoms with Crippen molar-refractivity contribution in [2.75, 3.05) is 19.3 Å². The van der Waals surface area contributed by atoms with Gasteiger partial charge in [0.25, 0.3) is 5.91 Å². The molecular weight excluding hydrogens is 394 g/mol. The fourth-order valence-corrected chi connectivity index (χ4v) is 4.04. The highest BCUT2D eigenvalue weighted by Crippen LogP contribution is 2.22. The van der Waals surface area contributed by atoms with E-state index in [1.54, 1.807) is 48.5 Å². The van der Waals surface area contributed by atoms with Crippen molar-refractivity contribution in [2.45, 2.75) is 18.9 Å². The second-order valence-corrected chi connectivity index (χ2v) is 8.93. The molecule has 0 bridgehead atoms. The normalized spacial score (nSPS) is 17.5. The number of nitrogens with zero attached hydrogens (tertiary/aromatic N) is 1. The Bertz CT molecular complexity index is 988. The van der Waals surface area contributed by atoms with Gasteiger partial charge in [-0.3, -0.25) is 9.59 Å². The van der Waals surface area contributed by atoms with Crippen LogP contribution in [0.1, 0.15) is 33.6 Å². The zero-order valence-electron chi connectivity index (χ0n) is 16.0. The van der Waals surface area contributed by atoms with Crippen molar-refractivity contribution in [1.82, 2.24) is 9.62 Å². The highest BCUT2D eigenvalue weighted by atomic mass is 32.2. The van der Waals surface area contributed by atoms with E-state index in [2.05, 4.69) is 5.32 Å². The number of rotatable bonds is 6. The van der Waals surface area contributed by atoms with Gasteiger partial charge in [-0.25, -0.2) is 12.7 Å². The first-order chi connectivity index (χ1) is 13.7. The summed E-state index contributed by atoms with van der Waals surface area (Å²) in [7, 11) is -3.26. The highest BCUT2D eigenvalue weighted by Gasteiger charge is 2.27. The van der Waals surface area contributed by atoms with Crippen molar-refractivity contribution >= 4 is 21.8 Å². The molecule has 2 amide bonds. The lowest BCUT2D eigenvalue weighted by molar-refractivity contribution is 0.0920. The Kier molecular flexibility index (Phi) is 6.19. The standard InChI is InChI=1S/C20H23N3O5S/c1-29(26,27)23-12-2-3-16(13-23)22-20(25)15-6-10-18(11-7-15)28-17-8-4-14(5-9-17)19(21)24/h4-11,16H,2-3,12-13H2,1H3,(H2,21,24)(H,22,25). The van der Waals surface area contributed by atoms with Crippen LogP contribution in [0.2, 0.25) is 0 Å². The monoisotopic (exact) mass is 417 g/mol. The van der Waals surface area contributed by atoms with Gasteiger partial charge in [0.15, 0.2) is 0 Å². The first-order valence-electron chi connectivity index (χ1n) is 9.16. The van der Waals surface area contributed by atoms with Gasteiger partial charge in [-0.2, -0.15) is 0 Å². The van der Waals surface area contributed by atoms with Crippen molar-refractivity contribution < 1.29 is 22.7 Å². The molecular formula is C20H23N3O5S. The number of nitrogens with one attached hydrogen (secondary N) is 1. The molecule has 0 spiro atoms. The molecule has 1 unspecified atom stereocenters. The molecule has 0 aliphatic carbocycles. The number of carbonyl (C=O) groups is 2. The van der Waals surface area contributed by atoms with Gasteiger partial charge in [-0.15, -0.1) is 0 Å². The Morgan fingerprint density at radius 3 is 2.10 bits per heavy atom. The van der Waals surface area contributed by atoms with Gasteiger partial charge in [0, 0.05) is 30.3 Å². The van der Waals surface area contributed by atoms with Gasteiger partial charge in [-0.05, 0) is 61.4 Å². The van der Waals surface area contributed by atoms with Crippen molar-refractivity contribution in [3.63, 3.8) is 0 Å². The lowest BCUT2D eigenvalue weighted by atomic mass is 10.1. The van der Waals surface area contributed by atoms with Crippen LogP contribution >= 0.6 is 0 Å².